The predicted octanol–water partition coefficient (Wildman–Crippen LogP) is 2.03. The molecule has 0 unspecified atom stereocenters. The third kappa shape index (κ3) is 2.92. The molecule has 0 aromatic rings. The molecule has 0 bridgehead atoms. The van der Waals surface area contributed by atoms with Crippen LogP contribution >= 0.6 is 12.2 Å². The van der Waals surface area contributed by atoms with E-state index in [2.05, 4.69) is 25.7 Å². The lowest BCUT2D eigenvalue weighted by atomic mass is 9.80. The lowest BCUT2D eigenvalue weighted by Crippen LogP contribution is -2.45. The van der Waals surface area contributed by atoms with Crippen LogP contribution in [-0.4, -0.2) is 29.5 Å². The van der Waals surface area contributed by atoms with Gasteiger partial charge in [-0.25, -0.2) is 0 Å². The average Bonchev–Trinajstić information content (AvgIpc) is 2.08. The normalized spacial score (nSPS) is 22.6. The summed E-state index contributed by atoms with van der Waals surface area (Å²) in [6.07, 6.45) is 2.24. The number of nitrogens with two attached hydrogens (primary N) is 1. The van der Waals surface area contributed by atoms with Gasteiger partial charge < -0.3 is 10.6 Å². The molecule has 0 aliphatic carbocycles. The van der Waals surface area contributed by atoms with E-state index < -0.39 is 0 Å². The number of hydrogen-bond acceptors (Lipinski definition) is 2. The lowest BCUT2D eigenvalue weighted by molar-refractivity contribution is 0.150. The second kappa shape index (κ2) is 4.58. The second-order valence-corrected chi connectivity index (χ2v) is 5.56. The molecule has 1 aliphatic heterocycles. The number of nitrogens with zero attached hydrogens (tertiary/aromatic N) is 1. The molecule has 0 atom stereocenters. The highest BCUT2D eigenvalue weighted by atomic mass is 32.1. The van der Waals surface area contributed by atoms with Gasteiger partial charge in [-0.1, -0.05) is 33.0 Å². The van der Waals surface area contributed by atoms with Gasteiger partial charge in [0.05, 0.1) is 4.99 Å². The van der Waals surface area contributed by atoms with E-state index in [1.807, 2.05) is 0 Å². The Morgan fingerprint density at radius 3 is 2.29 bits per heavy atom. The van der Waals surface area contributed by atoms with Crippen molar-refractivity contribution >= 4 is 17.2 Å². The minimum atomic E-state index is 0.114. The van der Waals surface area contributed by atoms with Crippen molar-refractivity contribution in [3.05, 3.63) is 0 Å². The Labute approximate surface area is 92.8 Å². The molecule has 2 N–H and O–H groups in total. The zero-order chi connectivity index (χ0) is 10.8. The van der Waals surface area contributed by atoms with Crippen molar-refractivity contribution in [2.45, 2.75) is 33.6 Å². The van der Waals surface area contributed by atoms with E-state index >= 15 is 0 Å². The fraction of sp³-hybridized carbons (Fsp3) is 0.909. The molecule has 1 saturated heterocycles. The van der Waals surface area contributed by atoms with E-state index in [9.17, 15) is 0 Å². The smallest absolute Gasteiger partial charge is 0.0788 e. The molecule has 0 amide bonds. The van der Waals surface area contributed by atoms with Crippen molar-refractivity contribution in [3.63, 3.8) is 0 Å². The number of thiocarbonyl (C=S) groups is 1. The molecule has 0 saturated carbocycles. The molecule has 3 heteroatoms. The van der Waals surface area contributed by atoms with Crippen LogP contribution in [0.2, 0.25) is 0 Å². The quantitative estimate of drug-likeness (QED) is 0.729. The lowest BCUT2D eigenvalue weighted by Gasteiger charge is -2.39. The summed E-state index contributed by atoms with van der Waals surface area (Å²) in [6, 6.07) is 0. The topological polar surface area (TPSA) is 29.3 Å². The van der Waals surface area contributed by atoms with Crippen LogP contribution in [0.3, 0.4) is 0 Å². The highest BCUT2D eigenvalue weighted by molar-refractivity contribution is 7.80. The highest BCUT2D eigenvalue weighted by Gasteiger charge is 2.32. The van der Waals surface area contributed by atoms with Crippen LogP contribution in [0.15, 0.2) is 0 Å². The summed E-state index contributed by atoms with van der Waals surface area (Å²) in [4.78, 5) is 3.21. The average molecular weight is 214 g/mol. The zero-order valence-corrected chi connectivity index (χ0v) is 10.4. The summed E-state index contributed by atoms with van der Waals surface area (Å²) in [7, 11) is 0. The van der Waals surface area contributed by atoms with Crippen molar-refractivity contribution in [2.75, 3.05) is 19.6 Å². The Morgan fingerprint density at radius 2 is 1.93 bits per heavy atom. The number of likely N-dealkylation sites (tertiary alicyclic amines) is 1. The van der Waals surface area contributed by atoms with Crippen LogP contribution in [0.1, 0.15) is 33.6 Å². The van der Waals surface area contributed by atoms with Crippen LogP contribution in [0, 0.1) is 11.3 Å². The maximum Gasteiger partial charge on any atom is 0.0788 e. The highest BCUT2D eigenvalue weighted by Crippen LogP contribution is 2.31. The Bertz CT molecular complexity index is 205. The maximum atomic E-state index is 5.76. The van der Waals surface area contributed by atoms with Crippen molar-refractivity contribution in [3.8, 4) is 0 Å². The summed E-state index contributed by atoms with van der Waals surface area (Å²) >= 11 is 5.11. The van der Waals surface area contributed by atoms with Crippen LogP contribution in [0.5, 0.6) is 0 Å². The van der Waals surface area contributed by atoms with Crippen molar-refractivity contribution in [1.29, 1.82) is 0 Å². The SMILES string of the molecule is CC(C)CN1CCC(C)(C(N)=S)CC1. The molecule has 1 heterocycles. The van der Waals surface area contributed by atoms with Gasteiger partial charge in [-0.3, -0.25) is 0 Å². The first-order valence-corrected chi connectivity index (χ1v) is 5.87. The first kappa shape index (κ1) is 11.9. The van der Waals surface area contributed by atoms with Crippen molar-refractivity contribution in [2.24, 2.45) is 17.1 Å². The molecule has 0 aromatic heterocycles. The van der Waals surface area contributed by atoms with Gasteiger partial charge in [0.25, 0.3) is 0 Å². The molecule has 14 heavy (non-hydrogen) atoms. The molecule has 82 valence electrons. The summed E-state index contributed by atoms with van der Waals surface area (Å²) in [5.74, 6) is 0.754. The van der Waals surface area contributed by atoms with Gasteiger partial charge >= 0.3 is 0 Å². The molecular formula is C11H22N2S. The minimum absolute atomic E-state index is 0.114. The maximum absolute atomic E-state index is 5.76. The number of rotatable bonds is 3. The third-order valence-corrected chi connectivity index (χ3v) is 3.67. The Morgan fingerprint density at radius 1 is 1.43 bits per heavy atom. The van der Waals surface area contributed by atoms with Gasteiger partial charge in [-0.2, -0.15) is 0 Å². The predicted molar refractivity (Wildman–Crippen MR) is 65.4 cm³/mol. The second-order valence-electron chi connectivity index (χ2n) is 5.12. The molecule has 2 nitrogen and oxygen atoms in total. The zero-order valence-electron chi connectivity index (χ0n) is 9.55. The largest absolute Gasteiger partial charge is 0.393 e. The van der Waals surface area contributed by atoms with Gasteiger partial charge in [0.2, 0.25) is 0 Å². The summed E-state index contributed by atoms with van der Waals surface area (Å²) in [6.45, 7) is 10.2. The summed E-state index contributed by atoms with van der Waals surface area (Å²) in [5.41, 5.74) is 5.87. The molecule has 0 radical (unpaired) electrons. The molecule has 0 spiro atoms. The van der Waals surface area contributed by atoms with Crippen molar-refractivity contribution in [1.82, 2.24) is 4.90 Å². The molecule has 0 aromatic carbocycles. The van der Waals surface area contributed by atoms with Gasteiger partial charge in [0.15, 0.2) is 0 Å². The van der Waals surface area contributed by atoms with E-state index in [0.717, 1.165) is 31.8 Å². The summed E-state index contributed by atoms with van der Waals surface area (Å²) in [5, 5.41) is 0. The molecular weight excluding hydrogens is 192 g/mol. The third-order valence-electron chi connectivity index (χ3n) is 3.18. The Hall–Kier alpha value is -0.150. The van der Waals surface area contributed by atoms with Crippen LogP contribution in [0.4, 0.5) is 0 Å². The van der Waals surface area contributed by atoms with Crippen LogP contribution in [0.25, 0.3) is 0 Å². The van der Waals surface area contributed by atoms with E-state index in [1.165, 1.54) is 6.54 Å². The first-order chi connectivity index (χ1) is 6.44. The van der Waals surface area contributed by atoms with E-state index in [0.29, 0.717) is 4.99 Å². The number of hydrogen-bond donors (Lipinski definition) is 1. The van der Waals surface area contributed by atoms with Crippen molar-refractivity contribution < 1.29 is 0 Å². The van der Waals surface area contributed by atoms with E-state index in [-0.39, 0.29) is 5.41 Å². The summed E-state index contributed by atoms with van der Waals surface area (Å²) < 4.78 is 0. The van der Waals surface area contributed by atoms with Gasteiger partial charge in [0, 0.05) is 12.0 Å². The fourth-order valence-corrected chi connectivity index (χ4v) is 2.20. The van der Waals surface area contributed by atoms with E-state index in [1.54, 1.807) is 0 Å². The van der Waals surface area contributed by atoms with Gasteiger partial charge in [-0.15, -0.1) is 0 Å². The molecule has 1 aliphatic rings. The van der Waals surface area contributed by atoms with Crippen LogP contribution in [-0.2, 0) is 0 Å². The van der Waals surface area contributed by atoms with Crippen LogP contribution < -0.4 is 5.73 Å². The monoisotopic (exact) mass is 214 g/mol. The Balaban J connectivity index is 2.42. The fourth-order valence-electron chi connectivity index (χ4n) is 1.99. The Kier molecular flexibility index (Phi) is 3.90. The molecule has 1 rings (SSSR count). The standard InChI is InChI=1S/C11H22N2S/c1-9(2)8-13-6-4-11(3,5-7-13)10(12)14/h9H,4-8H2,1-3H3,(H2,12,14). The first-order valence-electron chi connectivity index (χ1n) is 5.46. The minimum Gasteiger partial charge on any atom is -0.393 e. The number of piperidine rings is 1. The van der Waals surface area contributed by atoms with Gasteiger partial charge in [0.1, 0.15) is 0 Å². The van der Waals surface area contributed by atoms with E-state index in [4.69, 9.17) is 18.0 Å². The van der Waals surface area contributed by atoms with Gasteiger partial charge in [-0.05, 0) is 31.8 Å². The molecule has 1 fully saturated rings.